The van der Waals surface area contributed by atoms with Gasteiger partial charge in [-0.1, -0.05) is 19.3 Å². The third-order valence-electron chi connectivity index (χ3n) is 6.37. The predicted octanol–water partition coefficient (Wildman–Crippen LogP) is 3.85. The van der Waals surface area contributed by atoms with Crippen LogP contribution in [0.25, 0.3) is 17.1 Å². The van der Waals surface area contributed by atoms with Crippen LogP contribution < -0.4 is 5.32 Å². The molecular formula is C22H31Cl3N6O. The van der Waals surface area contributed by atoms with Crippen LogP contribution in [0.5, 0.6) is 0 Å². The molecule has 4 heterocycles. The van der Waals surface area contributed by atoms with Crippen LogP contribution in [-0.2, 0) is 4.79 Å². The van der Waals surface area contributed by atoms with Gasteiger partial charge >= 0.3 is 0 Å². The van der Waals surface area contributed by atoms with Crippen molar-refractivity contribution in [1.29, 1.82) is 0 Å². The molecule has 0 radical (unpaired) electrons. The maximum atomic E-state index is 12.5. The van der Waals surface area contributed by atoms with Crippen LogP contribution in [0.1, 0.15) is 37.7 Å². The second kappa shape index (κ2) is 11.9. The van der Waals surface area contributed by atoms with Crippen LogP contribution in [-0.4, -0.2) is 64.4 Å². The summed E-state index contributed by atoms with van der Waals surface area (Å²) >= 11 is 0. The summed E-state index contributed by atoms with van der Waals surface area (Å²) in [5.74, 6) is 1.43. The minimum absolute atomic E-state index is 0. The summed E-state index contributed by atoms with van der Waals surface area (Å²) in [6.07, 6.45) is 12.4. The zero-order valence-electron chi connectivity index (χ0n) is 18.0. The number of nitrogens with one attached hydrogen (secondary N) is 2. The van der Waals surface area contributed by atoms with Crippen molar-refractivity contribution in [2.45, 2.75) is 32.1 Å². The van der Waals surface area contributed by atoms with Crippen LogP contribution in [0.15, 0.2) is 35.2 Å². The molecule has 2 N–H and O–H groups in total. The van der Waals surface area contributed by atoms with Crippen molar-refractivity contribution >= 4 is 66.2 Å². The smallest absolute Gasteiger partial charge is 0.276 e. The molecule has 1 saturated heterocycles. The Morgan fingerprint density at radius 2 is 1.81 bits per heavy atom. The lowest BCUT2D eigenvalue weighted by atomic mass is 9.89. The van der Waals surface area contributed by atoms with E-state index < -0.39 is 0 Å². The molecule has 3 aliphatic rings. The van der Waals surface area contributed by atoms with E-state index in [9.17, 15) is 4.79 Å². The molecule has 1 saturated carbocycles. The van der Waals surface area contributed by atoms with E-state index in [-0.39, 0.29) is 43.1 Å². The highest BCUT2D eigenvalue weighted by atomic mass is 35.5. The highest BCUT2D eigenvalue weighted by Crippen LogP contribution is 2.25. The van der Waals surface area contributed by atoms with Crippen molar-refractivity contribution in [2.75, 3.05) is 32.7 Å². The molecule has 2 fully saturated rings. The van der Waals surface area contributed by atoms with Crippen molar-refractivity contribution in [2.24, 2.45) is 10.9 Å². The van der Waals surface area contributed by atoms with Gasteiger partial charge in [0.2, 0.25) is 5.96 Å². The number of carbonyl (C=O) groups is 1. The molecular weight excluding hydrogens is 471 g/mol. The fourth-order valence-corrected chi connectivity index (χ4v) is 4.73. The Morgan fingerprint density at radius 1 is 1.06 bits per heavy atom. The molecule has 2 aliphatic heterocycles. The number of hydrogen-bond donors (Lipinski definition) is 2. The van der Waals surface area contributed by atoms with Crippen molar-refractivity contribution in [3.05, 3.63) is 35.8 Å². The first-order valence-electron chi connectivity index (χ1n) is 10.8. The predicted molar refractivity (Wildman–Crippen MR) is 136 cm³/mol. The number of piperazine rings is 1. The fraction of sp³-hybridized carbons (Fsp3) is 0.500. The highest BCUT2D eigenvalue weighted by molar-refractivity contribution is 6.14. The third kappa shape index (κ3) is 5.76. The van der Waals surface area contributed by atoms with Gasteiger partial charge in [0, 0.05) is 56.1 Å². The average Bonchev–Trinajstić information content (AvgIpc) is 3.33. The molecule has 0 aromatic carbocycles. The molecule has 2 aromatic rings. The van der Waals surface area contributed by atoms with Crippen molar-refractivity contribution in [1.82, 2.24) is 25.1 Å². The Balaban J connectivity index is 0.00000121. The van der Waals surface area contributed by atoms with Crippen molar-refractivity contribution in [3.63, 3.8) is 0 Å². The molecule has 0 atom stereocenters. The Kier molecular flexibility index (Phi) is 9.83. The van der Waals surface area contributed by atoms with E-state index in [1.165, 1.54) is 38.6 Å². The average molecular weight is 502 g/mol. The molecule has 5 rings (SSSR count). The normalized spacial score (nSPS) is 20.9. The van der Waals surface area contributed by atoms with Gasteiger partial charge in [-0.2, -0.15) is 0 Å². The second-order valence-electron chi connectivity index (χ2n) is 8.35. The first kappa shape index (κ1) is 26.5. The van der Waals surface area contributed by atoms with Gasteiger partial charge < -0.3 is 9.88 Å². The van der Waals surface area contributed by atoms with E-state index >= 15 is 0 Å². The van der Waals surface area contributed by atoms with Gasteiger partial charge in [0.05, 0.1) is 0 Å². The van der Waals surface area contributed by atoms with Gasteiger partial charge in [0.1, 0.15) is 11.3 Å². The van der Waals surface area contributed by atoms with E-state index in [1.807, 2.05) is 24.4 Å². The number of carbonyl (C=O) groups excluding carboxylic acids is 1. The summed E-state index contributed by atoms with van der Waals surface area (Å²) < 4.78 is 0. The quantitative estimate of drug-likeness (QED) is 0.626. The van der Waals surface area contributed by atoms with E-state index in [4.69, 9.17) is 0 Å². The summed E-state index contributed by atoms with van der Waals surface area (Å²) in [5, 5.41) is 3.95. The van der Waals surface area contributed by atoms with Crippen molar-refractivity contribution in [3.8, 4) is 0 Å². The number of fused-ring (bicyclic) bond motifs is 1. The number of aliphatic imine (C=N–C) groups is 1. The molecule has 32 heavy (non-hydrogen) atoms. The molecule has 1 aliphatic carbocycles. The molecule has 7 nitrogen and oxygen atoms in total. The van der Waals surface area contributed by atoms with E-state index in [0.29, 0.717) is 11.7 Å². The summed E-state index contributed by atoms with van der Waals surface area (Å²) in [4.78, 5) is 29.3. The topological polar surface area (TPSA) is 76.6 Å². The van der Waals surface area contributed by atoms with E-state index in [0.717, 1.165) is 48.7 Å². The summed E-state index contributed by atoms with van der Waals surface area (Å²) in [5.41, 5.74) is 2.20. The monoisotopic (exact) mass is 500 g/mol. The first-order chi connectivity index (χ1) is 14.3. The molecule has 2 aromatic heterocycles. The van der Waals surface area contributed by atoms with Crippen LogP contribution in [0.2, 0.25) is 0 Å². The summed E-state index contributed by atoms with van der Waals surface area (Å²) in [6, 6.07) is 3.89. The minimum atomic E-state index is -0.136. The molecule has 176 valence electrons. The SMILES string of the molecule is Cl.Cl.Cl.O=C1NC(N2CCN(CC3CCCCC3)CC2)=N/C1=C\c1c[nH]c2ncccc12. The van der Waals surface area contributed by atoms with Crippen LogP contribution in [0.4, 0.5) is 0 Å². The number of pyridine rings is 1. The van der Waals surface area contributed by atoms with Gasteiger partial charge in [0.25, 0.3) is 5.91 Å². The van der Waals surface area contributed by atoms with Gasteiger partial charge in [-0.3, -0.25) is 15.0 Å². The number of hydrogen-bond acceptors (Lipinski definition) is 5. The molecule has 1 amide bonds. The molecule has 0 bridgehead atoms. The number of nitrogens with zero attached hydrogens (tertiary/aromatic N) is 4. The van der Waals surface area contributed by atoms with Crippen LogP contribution in [0.3, 0.4) is 0 Å². The number of amides is 1. The zero-order chi connectivity index (χ0) is 19.6. The second-order valence-corrected chi connectivity index (χ2v) is 8.35. The largest absolute Gasteiger partial charge is 0.346 e. The zero-order valence-corrected chi connectivity index (χ0v) is 20.4. The summed E-state index contributed by atoms with van der Waals surface area (Å²) in [7, 11) is 0. The maximum absolute atomic E-state index is 12.5. The third-order valence-corrected chi connectivity index (χ3v) is 6.37. The van der Waals surface area contributed by atoms with E-state index in [2.05, 4.69) is 30.1 Å². The number of guanidine groups is 1. The molecule has 0 unspecified atom stereocenters. The molecule has 10 heteroatoms. The summed E-state index contributed by atoms with van der Waals surface area (Å²) in [6.45, 7) is 5.13. The maximum Gasteiger partial charge on any atom is 0.276 e. The van der Waals surface area contributed by atoms with Crippen LogP contribution in [0, 0.1) is 5.92 Å². The Labute approximate surface area is 207 Å². The molecule has 0 spiro atoms. The van der Waals surface area contributed by atoms with Gasteiger partial charge in [-0.25, -0.2) is 9.98 Å². The fourth-order valence-electron chi connectivity index (χ4n) is 4.73. The van der Waals surface area contributed by atoms with Gasteiger partial charge in [-0.15, -0.1) is 37.2 Å². The highest BCUT2D eigenvalue weighted by Gasteiger charge is 2.28. The lowest BCUT2D eigenvalue weighted by molar-refractivity contribution is -0.115. The van der Waals surface area contributed by atoms with Crippen LogP contribution >= 0.6 is 37.2 Å². The number of aromatic amines is 1. The number of halogens is 3. The van der Waals surface area contributed by atoms with Crippen molar-refractivity contribution < 1.29 is 4.79 Å². The lowest BCUT2D eigenvalue weighted by Crippen LogP contribution is -2.52. The standard InChI is InChI=1S/C22H28N6O.3ClH/c29-21-19(13-17-14-24-20-18(17)7-4-8-23-20)25-22(26-21)28-11-9-27(10-12-28)15-16-5-2-1-3-6-16;;;/h4,7-8,13-14,16H,1-3,5-6,9-12,15H2,(H,23,24)(H,25,26,29);3*1H/b19-13-;;;. The van der Waals surface area contributed by atoms with Gasteiger partial charge in [-0.05, 0) is 37.0 Å². The Bertz CT molecular complexity index is 961. The number of rotatable bonds is 3. The van der Waals surface area contributed by atoms with Gasteiger partial charge in [0.15, 0.2) is 0 Å². The Hall–Kier alpha value is -1.80. The number of aromatic nitrogens is 2. The first-order valence-corrected chi connectivity index (χ1v) is 10.8. The Morgan fingerprint density at radius 3 is 2.56 bits per heavy atom. The van der Waals surface area contributed by atoms with E-state index in [1.54, 1.807) is 6.20 Å². The number of H-pyrrole nitrogens is 1. The lowest BCUT2D eigenvalue weighted by Gasteiger charge is -2.37. The minimum Gasteiger partial charge on any atom is -0.346 e.